The van der Waals surface area contributed by atoms with Crippen LogP contribution < -0.4 is 16.0 Å². The number of aromatic nitrogens is 4. The first-order chi connectivity index (χ1) is 15.9. The number of benzene rings is 1. The van der Waals surface area contributed by atoms with E-state index < -0.39 is 17.2 Å². The SMILES string of the molecule is Cn1c(=O)n(CCOc2ccc(Br)cc2)c(=O)c2cc(C(=O)OCc3cccnc3)ncc21. The molecule has 0 aliphatic carbocycles. The van der Waals surface area contributed by atoms with Crippen molar-refractivity contribution in [1.82, 2.24) is 19.1 Å². The Morgan fingerprint density at radius 2 is 1.91 bits per heavy atom. The van der Waals surface area contributed by atoms with Crippen LogP contribution in [0, 0.1) is 0 Å². The number of halogens is 1. The van der Waals surface area contributed by atoms with Crippen LogP contribution in [0.3, 0.4) is 0 Å². The van der Waals surface area contributed by atoms with Crippen LogP contribution in [-0.4, -0.2) is 31.7 Å². The Balaban J connectivity index is 1.56. The third-order valence-corrected chi connectivity index (χ3v) is 5.47. The molecule has 0 saturated carbocycles. The van der Waals surface area contributed by atoms with Gasteiger partial charge in [-0.2, -0.15) is 0 Å². The Hall–Kier alpha value is -3.79. The summed E-state index contributed by atoms with van der Waals surface area (Å²) >= 11 is 3.35. The maximum Gasteiger partial charge on any atom is 0.357 e. The van der Waals surface area contributed by atoms with E-state index in [9.17, 15) is 14.4 Å². The van der Waals surface area contributed by atoms with Crippen molar-refractivity contribution in [3.05, 3.63) is 97.6 Å². The summed E-state index contributed by atoms with van der Waals surface area (Å²) in [4.78, 5) is 46.2. The first-order valence-electron chi connectivity index (χ1n) is 9.98. The largest absolute Gasteiger partial charge is 0.492 e. The van der Waals surface area contributed by atoms with Gasteiger partial charge < -0.3 is 9.47 Å². The monoisotopic (exact) mass is 510 g/mol. The predicted octanol–water partition coefficient (Wildman–Crippen LogP) is 2.69. The highest BCUT2D eigenvalue weighted by molar-refractivity contribution is 9.10. The van der Waals surface area contributed by atoms with E-state index in [0.717, 1.165) is 14.6 Å². The fraction of sp³-hybridized carbons (Fsp3) is 0.174. The van der Waals surface area contributed by atoms with Gasteiger partial charge in [0.2, 0.25) is 0 Å². The van der Waals surface area contributed by atoms with Crippen molar-refractivity contribution in [3.63, 3.8) is 0 Å². The lowest BCUT2D eigenvalue weighted by atomic mass is 10.2. The highest BCUT2D eigenvalue weighted by atomic mass is 79.9. The molecule has 0 unspecified atom stereocenters. The predicted molar refractivity (Wildman–Crippen MR) is 124 cm³/mol. The van der Waals surface area contributed by atoms with Crippen LogP contribution in [0.25, 0.3) is 10.9 Å². The zero-order chi connectivity index (χ0) is 23.4. The summed E-state index contributed by atoms with van der Waals surface area (Å²) in [5.41, 5.74) is -0.0160. The molecule has 0 N–H and O–H groups in total. The second-order valence-corrected chi connectivity index (χ2v) is 8.04. The molecule has 3 heterocycles. The molecule has 0 radical (unpaired) electrons. The Kier molecular flexibility index (Phi) is 6.64. The van der Waals surface area contributed by atoms with Crippen LogP contribution in [0.4, 0.5) is 0 Å². The number of carbonyl (C=O) groups excluding carboxylic acids is 1. The van der Waals surface area contributed by atoms with E-state index in [-0.39, 0.29) is 30.8 Å². The zero-order valence-corrected chi connectivity index (χ0v) is 19.2. The van der Waals surface area contributed by atoms with Crippen molar-refractivity contribution in [2.75, 3.05) is 6.61 Å². The number of hydrogen-bond acceptors (Lipinski definition) is 7. The van der Waals surface area contributed by atoms with Gasteiger partial charge >= 0.3 is 11.7 Å². The van der Waals surface area contributed by atoms with Gasteiger partial charge in [0.25, 0.3) is 5.56 Å². The molecule has 0 amide bonds. The molecule has 168 valence electrons. The van der Waals surface area contributed by atoms with E-state index in [0.29, 0.717) is 11.3 Å². The van der Waals surface area contributed by atoms with Gasteiger partial charge in [-0.3, -0.25) is 18.9 Å². The molecule has 0 atom stereocenters. The first-order valence-corrected chi connectivity index (χ1v) is 10.8. The Morgan fingerprint density at radius 1 is 1.12 bits per heavy atom. The van der Waals surface area contributed by atoms with Crippen LogP contribution in [0.1, 0.15) is 16.1 Å². The molecule has 0 bridgehead atoms. The summed E-state index contributed by atoms with van der Waals surface area (Å²) in [6.45, 7) is 0.186. The molecule has 0 aliphatic rings. The second kappa shape index (κ2) is 9.78. The normalized spacial score (nSPS) is 10.8. The van der Waals surface area contributed by atoms with Gasteiger partial charge in [0, 0.05) is 29.5 Å². The molecule has 4 aromatic rings. The molecular weight excluding hydrogens is 492 g/mol. The lowest BCUT2D eigenvalue weighted by Gasteiger charge is -2.12. The maximum absolute atomic E-state index is 13.0. The number of aryl methyl sites for hydroxylation is 1. The Morgan fingerprint density at radius 3 is 2.64 bits per heavy atom. The van der Waals surface area contributed by atoms with Crippen LogP contribution >= 0.6 is 15.9 Å². The molecule has 0 fully saturated rings. The number of hydrogen-bond donors (Lipinski definition) is 0. The second-order valence-electron chi connectivity index (χ2n) is 7.12. The molecule has 4 rings (SSSR count). The lowest BCUT2D eigenvalue weighted by Crippen LogP contribution is -2.40. The van der Waals surface area contributed by atoms with E-state index in [1.807, 2.05) is 12.1 Å². The van der Waals surface area contributed by atoms with Crippen molar-refractivity contribution >= 4 is 32.8 Å². The van der Waals surface area contributed by atoms with E-state index in [1.165, 1.54) is 23.9 Å². The minimum absolute atomic E-state index is 0.0251. The van der Waals surface area contributed by atoms with E-state index in [4.69, 9.17) is 9.47 Å². The Labute approximate surface area is 196 Å². The summed E-state index contributed by atoms with van der Waals surface area (Å²) in [5, 5.41) is 0.184. The van der Waals surface area contributed by atoms with Crippen molar-refractivity contribution in [2.45, 2.75) is 13.2 Å². The quantitative estimate of drug-likeness (QED) is 0.352. The molecule has 9 nitrogen and oxygen atoms in total. The van der Waals surface area contributed by atoms with Crippen LogP contribution in [0.2, 0.25) is 0 Å². The molecule has 10 heteroatoms. The third-order valence-electron chi connectivity index (χ3n) is 4.94. The minimum atomic E-state index is -0.681. The first kappa shape index (κ1) is 22.4. The van der Waals surface area contributed by atoms with Crippen LogP contribution in [0.15, 0.2) is 75.1 Å². The molecule has 0 saturated heterocycles. The number of ether oxygens (including phenoxy) is 2. The summed E-state index contributed by atoms with van der Waals surface area (Å²) in [6, 6.07) is 12.1. The fourth-order valence-corrected chi connectivity index (χ4v) is 3.47. The third kappa shape index (κ3) is 5.01. The van der Waals surface area contributed by atoms with Crippen LogP contribution in [-0.2, 0) is 24.9 Å². The molecule has 33 heavy (non-hydrogen) atoms. The maximum atomic E-state index is 13.0. The summed E-state index contributed by atoms with van der Waals surface area (Å²) < 4.78 is 14.2. The van der Waals surface area contributed by atoms with E-state index >= 15 is 0 Å². The summed E-state index contributed by atoms with van der Waals surface area (Å²) in [5.74, 6) is -0.0640. The highest BCUT2D eigenvalue weighted by Crippen LogP contribution is 2.16. The van der Waals surface area contributed by atoms with Gasteiger partial charge in [-0.15, -0.1) is 0 Å². The van der Waals surface area contributed by atoms with E-state index in [1.54, 1.807) is 36.7 Å². The number of carbonyl (C=O) groups is 1. The molecular formula is C23H19BrN4O5. The summed E-state index contributed by atoms with van der Waals surface area (Å²) in [7, 11) is 1.54. The van der Waals surface area contributed by atoms with Gasteiger partial charge in [0.1, 0.15) is 24.7 Å². The molecule has 0 spiro atoms. The van der Waals surface area contributed by atoms with Crippen molar-refractivity contribution in [1.29, 1.82) is 0 Å². The highest BCUT2D eigenvalue weighted by Gasteiger charge is 2.16. The molecule has 1 aromatic carbocycles. The van der Waals surface area contributed by atoms with Gasteiger partial charge in [-0.05, 0) is 36.4 Å². The number of nitrogens with zero attached hydrogens (tertiary/aromatic N) is 4. The van der Waals surface area contributed by atoms with Gasteiger partial charge in [0.15, 0.2) is 0 Å². The topological polar surface area (TPSA) is 105 Å². The zero-order valence-electron chi connectivity index (χ0n) is 17.6. The average Bonchev–Trinajstić information content (AvgIpc) is 2.84. The van der Waals surface area contributed by atoms with Crippen LogP contribution in [0.5, 0.6) is 5.75 Å². The van der Waals surface area contributed by atoms with Crippen molar-refractivity contribution in [3.8, 4) is 5.75 Å². The average molecular weight is 511 g/mol. The number of esters is 1. The number of rotatable bonds is 7. The van der Waals surface area contributed by atoms with E-state index in [2.05, 4.69) is 25.9 Å². The number of fused-ring (bicyclic) bond motifs is 1. The van der Waals surface area contributed by atoms with Crippen molar-refractivity contribution < 1.29 is 14.3 Å². The summed E-state index contributed by atoms with van der Waals surface area (Å²) in [6.07, 6.45) is 4.53. The van der Waals surface area contributed by atoms with Gasteiger partial charge in [-0.1, -0.05) is 22.0 Å². The Bertz CT molecular complexity index is 1420. The number of pyridine rings is 2. The standard InChI is InChI=1S/C23H19BrN4O5/c1-27-20-13-26-19(22(30)33-14-15-3-2-8-25-12-15)11-18(20)21(29)28(23(27)31)9-10-32-17-6-4-16(24)5-7-17/h2-8,11-13H,9-10,14H2,1H3. The smallest absolute Gasteiger partial charge is 0.357 e. The van der Waals surface area contributed by atoms with Crippen molar-refractivity contribution in [2.24, 2.45) is 7.05 Å². The molecule has 0 aliphatic heterocycles. The van der Waals surface area contributed by atoms with Gasteiger partial charge in [0.05, 0.1) is 23.6 Å². The molecule has 3 aromatic heterocycles. The minimum Gasteiger partial charge on any atom is -0.492 e. The van der Waals surface area contributed by atoms with Gasteiger partial charge in [-0.25, -0.2) is 14.6 Å². The lowest BCUT2D eigenvalue weighted by molar-refractivity contribution is 0.0465. The fourth-order valence-electron chi connectivity index (χ4n) is 3.20.